The third-order valence-electron chi connectivity index (χ3n) is 5.07. The van der Waals surface area contributed by atoms with E-state index >= 15 is 0 Å². The van der Waals surface area contributed by atoms with Crippen molar-refractivity contribution in [3.05, 3.63) is 64.7 Å². The molecule has 0 spiro atoms. The Morgan fingerprint density at radius 3 is 2.23 bits per heavy atom. The molecule has 1 saturated heterocycles. The summed E-state index contributed by atoms with van der Waals surface area (Å²) in [5, 5.41) is 5.89. The fourth-order valence-corrected chi connectivity index (χ4v) is 3.55. The van der Waals surface area contributed by atoms with Crippen LogP contribution in [0.2, 0.25) is 5.02 Å². The summed E-state index contributed by atoms with van der Waals surface area (Å²) in [7, 11) is 0. The van der Waals surface area contributed by atoms with Gasteiger partial charge in [0.25, 0.3) is 11.8 Å². The highest BCUT2D eigenvalue weighted by atomic mass is 35.5. The number of carbonyl (C=O) groups is 3. The highest BCUT2D eigenvalue weighted by Crippen LogP contribution is 2.20. The minimum atomic E-state index is -0.810. The first kappa shape index (κ1) is 22.8. The second kappa shape index (κ2) is 10.4. The van der Waals surface area contributed by atoms with Crippen molar-refractivity contribution in [1.82, 2.24) is 10.2 Å². The topological polar surface area (TPSA) is 87.7 Å². The first-order valence-corrected chi connectivity index (χ1v) is 10.6. The van der Waals surface area contributed by atoms with Crippen molar-refractivity contribution in [2.45, 2.75) is 19.9 Å². The zero-order valence-corrected chi connectivity index (χ0v) is 18.3. The van der Waals surface area contributed by atoms with Crippen LogP contribution in [0.1, 0.15) is 34.6 Å². The lowest BCUT2D eigenvalue weighted by atomic mass is 10.0. The van der Waals surface area contributed by atoms with E-state index in [-0.39, 0.29) is 11.8 Å². The van der Waals surface area contributed by atoms with Crippen molar-refractivity contribution in [2.75, 3.05) is 31.6 Å². The highest BCUT2D eigenvalue weighted by Gasteiger charge is 2.27. The molecule has 1 aliphatic rings. The normalized spacial score (nSPS) is 14.8. The molecule has 7 nitrogen and oxygen atoms in total. The van der Waals surface area contributed by atoms with Crippen LogP contribution in [0.3, 0.4) is 0 Å². The molecule has 0 saturated carbocycles. The summed E-state index contributed by atoms with van der Waals surface area (Å²) in [5.41, 5.74) is 1.10. The predicted octanol–water partition coefficient (Wildman–Crippen LogP) is 3.21. The van der Waals surface area contributed by atoms with Gasteiger partial charge in [0.2, 0.25) is 5.91 Å². The van der Waals surface area contributed by atoms with Gasteiger partial charge in [-0.25, -0.2) is 0 Å². The summed E-state index contributed by atoms with van der Waals surface area (Å²) < 4.78 is 5.31. The fourth-order valence-electron chi connectivity index (χ4n) is 3.33. The van der Waals surface area contributed by atoms with Crippen molar-refractivity contribution in [3.8, 4) is 0 Å². The molecule has 2 aromatic rings. The van der Waals surface area contributed by atoms with E-state index in [0.717, 1.165) is 0 Å². The third-order valence-corrected chi connectivity index (χ3v) is 5.40. The molecule has 3 rings (SSSR count). The molecule has 0 radical (unpaired) electrons. The Morgan fingerprint density at radius 2 is 1.58 bits per heavy atom. The van der Waals surface area contributed by atoms with Crippen molar-refractivity contribution in [2.24, 2.45) is 5.92 Å². The fraction of sp³-hybridized carbons (Fsp3) is 0.348. The van der Waals surface area contributed by atoms with Gasteiger partial charge >= 0.3 is 0 Å². The molecular weight excluding hydrogens is 418 g/mol. The molecule has 2 aromatic carbocycles. The van der Waals surface area contributed by atoms with Gasteiger partial charge < -0.3 is 20.3 Å². The number of hydrogen-bond acceptors (Lipinski definition) is 4. The monoisotopic (exact) mass is 443 g/mol. The Balaban J connectivity index is 1.76. The Hall–Kier alpha value is -2.90. The molecule has 0 aromatic heterocycles. The van der Waals surface area contributed by atoms with E-state index in [2.05, 4.69) is 10.6 Å². The standard InChI is InChI=1S/C23H26ClN3O4/c1-15(2)20(26-21(28)16-7-3-5-9-18(16)24)22(29)25-19-10-6-4-8-17(19)23(30)27-11-13-31-14-12-27/h3-10,15,20H,11-14H2,1-2H3,(H,25,29)(H,26,28). The second-order valence-electron chi connectivity index (χ2n) is 7.61. The van der Waals surface area contributed by atoms with Gasteiger partial charge in [-0.3, -0.25) is 14.4 Å². The summed E-state index contributed by atoms with van der Waals surface area (Å²) in [6, 6.07) is 12.7. The van der Waals surface area contributed by atoms with E-state index < -0.39 is 17.9 Å². The predicted molar refractivity (Wildman–Crippen MR) is 119 cm³/mol. The number of rotatable bonds is 6. The molecule has 1 unspecified atom stereocenters. The Bertz CT molecular complexity index is 957. The van der Waals surface area contributed by atoms with Crippen LogP contribution in [-0.2, 0) is 9.53 Å². The summed E-state index contributed by atoms with van der Waals surface area (Å²) in [6.07, 6.45) is 0. The number of nitrogens with one attached hydrogen (secondary N) is 2. The van der Waals surface area contributed by atoms with Gasteiger partial charge in [-0.15, -0.1) is 0 Å². The number of amides is 3. The molecule has 8 heteroatoms. The zero-order valence-electron chi connectivity index (χ0n) is 17.6. The number of anilines is 1. The maximum absolute atomic E-state index is 13.1. The molecule has 3 amide bonds. The summed E-state index contributed by atoms with van der Waals surface area (Å²) in [4.78, 5) is 40.4. The first-order chi connectivity index (χ1) is 14.9. The second-order valence-corrected chi connectivity index (χ2v) is 8.02. The maximum Gasteiger partial charge on any atom is 0.256 e. The van der Waals surface area contributed by atoms with Crippen LogP contribution in [0, 0.1) is 5.92 Å². The molecule has 0 bridgehead atoms. The van der Waals surface area contributed by atoms with Crippen LogP contribution in [0.5, 0.6) is 0 Å². The number of benzene rings is 2. The zero-order chi connectivity index (χ0) is 22.4. The number of halogens is 1. The average molecular weight is 444 g/mol. The van der Waals surface area contributed by atoms with Crippen LogP contribution < -0.4 is 10.6 Å². The minimum Gasteiger partial charge on any atom is -0.378 e. The van der Waals surface area contributed by atoms with Gasteiger partial charge in [0, 0.05) is 13.1 Å². The summed E-state index contributed by atoms with van der Waals surface area (Å²) in [6.45, 7) is 5.66. The number of nitrogens with zero attached hydrogens (tertiary/aromatic N) is 1. The van der Waals surface area contributed by atoms with Gasteiger partial charge in [-0.05, 0) is 30.2 Å². The third kappa shape index (κ3) is 5.62. The molecule has 1 aliphatic heterocycles. The van der Waals surface area contributed by atoms with E-state index in [4.69, 9.17) is 16.3 Å². The first-order valence-electron chi connectivity index (χ1n) is 10.2. The highest BCUT2D eigenvalue weighted by molar-refractivity contribution is 6.33. The summed E-state index contributed by atoms with van der Waals surface area (Å²) in [5.74, 6) is -1.19. The Kier molecular flexibility index (Phi) is 7.65. The van der Waals surface area contributed by atoms with Crippen LogP contribution in [0.25, 0.3) is 0 Å². The van der Waals surface area contributed by atoms with Crippen LogP contribution in [-0.4, -0.2) is 55.0 Å². The molecule has 1 fully saturated rings. The number of para-hydroxylation sites is 1. The summed E-state index contributed by atoms with van der Waals surface area (Å²) >= 11 is 6.11. The van der Waals surface area contributed by atoms with Gasteiger partial charge in [0.05, 0.1) is 35.1 Å². The Morgan fingerprint density at radius 1 is 0.968 bits per heavy atom. The van der Waals surface area contributed by atoms with Gasteiger partial charge in [-0.2, -0.15) is 0 Å². The number of morpholine rings is 1. The smallest absolute Gasteiger partial charge is 0.256 e. The number of ether oxygens (including phenoxy) is 1. The largest absolute Gasteiger partial charge is 0.378 e. The van der Waals surface area contributed by atoms with Crippen molar-refractivity contribution >= 4 is 35.0 Å². The molecule has 31 heavy (non-hydrogen) atoms. The van der Waals surface area contributed by atoms with Crippen molar-refractivity contribution in [1.29, 1.82) is 0 Å². The quantitative estimate of drug-likeness (QED) is 0.717. The van der Waals surface area contributed by atoms with E-state index in [1.807, 2.05) is 13.8 Å². The van der Waals surface area contributed by atoms with Crippen LogP contribution in [0.15, 0.2) is 48.5 Å². The average Bonchev–Trinajstić information content (AvgIpc) is 2.77. The Labute approximate surface area is 186 Å². The molecule has 164 valence electrons. The van der Waals surface area contributed by atoms with E-state index in [0.29, 0.717) is 48.1 Å². The van der Waals surface area contributed by atoms with Crippen molar-refractivity contribution < 1.29 is 19.1 Å². The van der Waals surface area contributed by atoms with Crippen LogP contribution in [0.4, 0.5) is 5.69 Å². The van der Waals surface area contributed by atoms with Crippen LogP contribution >= 0.6 is 11.6 Å². The number of hydrogen-bond donors (Lipinski definition) is 2. The lowest BCUT2D eigenvalue weighted by Gasteiger charge is -2.28. The SMILES string of the molecule is CC(C)C(NC(=O)c1ccccc1Cl)C(=O)Nc1ccccc1C(=O)N1CCOCC1. The number of carbonyl (C=O) groups excluding carboxylic acids is 3. The van der Waals surface area contributed by atoms with Gasteiger partial charge in [-0.1, -0.05) is 49.7 Å². The maximum atomic E-state index is 13.1. The molecular formula is C23H26ClN3O4. The van der Waals surface area contributed by atoms with E-state index in [1.54, 1.807) is 53.4 Å². The van der Waals surface area contributed by atoms with Gasteiger partial charge in [0.1, 0.15) is 6.04 Å². The minimum absolute atomic E-state index is 0.166. The molecule has 0 aliphatic carbocycles. The van der Waals surface area contributed by atoms with E-state index in [9.17, 15) is 14.4 Å². The lowest BCUT2D eigenvalue weighted by molar-refractivity contribution is -0.118. The van der Waals surface area contributed by atoms with Crippen molar-refractivity contribution in [3.63, 3.8) is 0 Å². The molecule has 2 N–H and O–H groups in total. The van der Waals surface area contributed by atoms with E-state index in [1.165, 1.54) is 0 Å². The van der Waals surface area contributed by atoms with Gasteiger partial charge in [0.15, 0.2) is 0 Å². The molecule has 1 heterocycles. The molecule has 1 atom stereocenters. The lowest BCUT2D eigenvalue weighted by Crippen LogP contribution is -2.47.